The average Bonchev–Trinajstić information content (AvgIpc) is 2.41. The molecule has 1 aromatic heterocycles. The van der Waals surface area contributed by atoms with Gasteiger partial charge in [-0.1, -0.05) is 0 Å². The van der Waals surface area contributed by atoms with Crippen LogP contribution in [0.2, 0.25) is 0 Å². The number of hydrogen-bond donors (Lipinski definition) is 4. The molecule has 0 bridgehead atoms. The van der Waals surface area contributed by atoms with Crippen molar-refractivity contribution < 1.29 is 13.2 Å². The fourth-order valence-corrected chi connectivity index (χ4v) is 1.53. The van der Waals surface area contributed by atoms with E-state index in [0.717, 1.165) is 12.8 Å². The summed E-state index contributed by atoms with van der Waals surface area (Å²) in [5, 5.41) is 9.59. The van der Waals surface area contributed by atoms with Gasteiger partial charge in [0.15, 0.2) is 5.96 Å². The highest BCUT2D eigenvalue weighted by Crippen LogP contribution is 2.14. The molecule has 1 aromatic rings. The largest absolute Gasteiger partial charge is 0.408 e. The van der Waals surface area contributed by atoms with Crippen LogP contribution in [0.4, 0.5) is 19.0 Å². The van der Waals surface area contributed by atoms with Crippen LogP contribution in [0, 0.1) is 5.41 Å². The number of guanidine groups is 1. The topological polar surface area (TPSA) is 126 Å². The second-order valence-electron chi connectivity index (χ2n) is 4.53. The minimum Gasteiger partial charge on any atom is -0.388 e. The van der Waals surface area contributed by atoms with Crippen LogP contribution in [0.3, 0.4) is 0 Å². The van der Waals surface area contributed by atoms with Crippen LogP contribution in [0.25, 0.3) is 0 Å². The minimum atomic E-state index is -4.40. The van der Waals surface area contributed by atoms with Crippen LogP contribution in [0.5, 0.6) is 0 Å². The van der Waals surface area contributed by atoms with Gasteiger partial charge in [0.2, 0.25) is 0 Å². The first-order valence-corrected chi connectivity index (χ1v) is 6.55. The smallest absolute Gasteiger partial charge is 0.388 e. The zero-order chi connectivity index (χ0) is 16.6. The number of nitrogens with one attached hydrogen (secondary N) is 2. The first-order valence-electron chi connectivity index (χ1n) is 6.55. The highest BCUT2D eigenvalue weighted by Gasteiger charge is 2.26. The average molecular weight is 317 g/mol. The molecule has 22 heavy (non-hydrogen) atoms. The van der Waals surface area contributed by atoms with E-state index >= 15 is 0 Å². The van der Waals surface area contributed by atoms with Crippen molar-refractivity contribution in [2.75, 3.05) is 11.9 Å². The van der Waals surface area contributed by atoms with Crippen molar-refractivity contribution in [3.63, 3.8) is 0 Å². The Hall–Kier alpha value is -2.39. The quantitative estimate of drug-likeness (QED) is 0.344. The summed E-state index contributed by atoms with van der Waals surface area (Å²) in [6.07, 6.45) is -0.351. The third kappa shape index (κ3) is 8.02. The molecule has 0 saturated heterocycles. The molecular weight excluding hydrogens is 299 g/mol. The molecule has 0 radical (unpaired) electrons. The lowest BCUT2D eigenvalue weighted by Gasteiger charge is -2.07. The number of amidine groups is 1. The molecule has 0 fully saturated rings. The summed E-state index contributed by atoms with van der Waals surface area (Å²) in [5.41, 5.74) is 10.6. The maximum Gasteiger partial charge on any atom is 0.408 e. The molecule has 0 spiro atoms. The molecular formula is C12H18F3N7. The zero-order valence-corrected chi connectivity index (χ0v) is 11.8. The summed E-state index contributed by atoms with van der Waals surface area (Å²) in [5.74, 6) is 0.570. The summed E-state index contributed by atoms with van der Waals surface area (Å²) < 4.78 is 36.0. The van der Waals surface area contributed by atoms with Gasteiger partial charge in [0.25, 0.3) is 0 Å². The molecule has 1 rings (SSSR count). The van der Waals surface area contributed by atoms with Crippen molar-refractivity contribution in [1.82, 2.24) is 9.97 Å². The first-order chi connectivity index (χ1) is 10.3. The lowest BCUT2D eigenvalue weighted by Crippen LogP contribution is -2.26. The number of aromatic nitrogens is 2. The van der Waals surface area contributed by atoms with Gasteiger partial charge in [-0.15, -0.1) is 0 Å². The van der Waals surface area contributed by atoms with E-state index < -0.39 is 12.7 Å². The van der Waals surface area contributed by atoms with Crippen LogP contribution < -0.4 is 16.8 Å². The standard InChI is InChI=1S/C12H18F3N7/c13-12(14,15)7-20-11(18)22-10-5-6-19-9(21-10)4-2-1-3-8(16)17/h5-6H,1-4,7H2,(H3,16,17)(H3,18,19,20,21,22). The molecule has 0 saturated carbocycles. The third-order valence-corrected chi connectivity index (χ3v) is 2.49. The Bertz CT molecular complexity index is 528. The van der Waals surface area contributed by atoms with E-state index in [1.807, 2.05) is 0 Å². The maximum atomic E-state index is 12.0. The number of alkyl halides is 3. The highest BCUT2D eigenvalue weighted by atomic mass is 19.4. The number of hydrogen-bond acceptors (Lipinski definition) is 4. The summed E-state index contributed by atoms with van der Waals surface area (Å²) in [6, 6.07) is 1.48. The molecule has 0 aromatic carbocycles. The predicted octanol–water partition coefficient (Wildman–Crippen LogP) is 1.41. The van der Waals surface area contributed by atoms with Crippen molar-refractivity contribution in [3.05, 3.63) is 18.1 Å². The summed E-state index contributed by atoms with van der Waals surface area (Å²) >= 11 is 0. The molecule has 0 unspecified atom stereocenters. The van der Waals surface area contributed by atoms with Gasteiger partial charge in [0, 0.05) is 19.0 Å². The SMILES string of the molecule is N=C(N)CCCCc1nccc(NC(N)=NCC(F)(F)F)n1. The van der Waals surface area contributed by atoms with Gasteiger partial charge in [0.05, 0.1) is 5.84 Å². The highest BCUT2D eigenvalue weighted by molar-refractivity contribution is 5.91. The Morgan fingerprint density at radius 2 is 2.05 bits per heavy atom. The van der Waals surface area contributed by atoms with E-state index in [9.17, 15) is 13.2 Å². The number of unbranched alkanes of at least 4 members (excludes halogenated alkanes) is 1. The van der Waals surface area contributed by atoms with Crippen molar-refractivity contribution in [1.29, 1.82) is 5.41 Å². The van der Waals surface area contributed by atoms with Crippen molar-refractivity contribution >= 4 is 17.6 Å². The molecule has 10 heteroatoms. The van der Waals surface area contributed by atoms with E-state index in [-0.39, 0.29) is 17.6 Å². The molecule has 0 aliphatic rings. The van der Waals surface area contributed by atoms with Gasteiger partial charge in [-0.25, -0.2) is 15.0 Å². The van der Waals surface area contributed by atoms with E-state index in [2.05, 4.69) is 20.3 Å². The fourth-order valence-electron chi connectivity index (χ4n) is 1.53. The molecule has 6 N–H and O–H groups in total. The lowest BCUT2D eigenvalue weighted by atomic mass is 10.2. The zero-order valence-electron chi connectivity index (χ0n) is 11.8. The minimum absolute atomic E-state index is 0.130. The molecule has 7 nitrogen and oxygen atoms in total. The fraction of sp³-hybridized carbons (Fsp3) is 0.500. The van der Waals surface area contributed by atoms with Crippen molar-refractivity contribution in [2.24, 2.45) is 16.5 Å². The van der Waals surface area contributed by atoms with Crippen LogP contribution in [0.15, 0.2) is 17.3 Å². The Labute approximate surface area is 125 Å². The Balaban J connectivity index is 2.51. The summed E-state index contributed by atoms with van der Waals surface area (Å²) in [4.78, 5) is 11.4. The Morgan fingerprint density at radius 1 is 1.32 bits per heavy atom. The van der Waals surface area contributed by atoms with Gasteiger partial charge in [0.1, 0.15) is 18.2 Å². The van der Waals surface area contributed by atoms with Gasteiger partial charge in [-0.05, 0) is 18.9 Å². The van der Waals surface area contributed by atoms with E-state index in [0.29, 0.717) is 18.7 Å². The van der Waals surface area contributed by atoms with Crippen LogP contribution >= 0.6 is 0 Å². The van der Waals surface area contributed by atoms with E-state index in [4.69, 9.17) is 16.9 Å². The van der Waals surface area contributed by atoms with Gasteiger partial charge >= 0.3 is 6.18 Å². The molecule has 0 atom stereocenters. The number of aryl methyl sites for hydroxylation is 1. The predicted molar refractivity (Wildman–Crippen MR) is 77.7 cm³/mol. The number of aliphatic imine (C=N–C) groups is 1. The number of halogens is 3. The van der Waals surface area contributed by atoms with Crippen LogP contribution in [-0.2, 0) is 6.42 Å². The van der Waals surface area contributed by atoms with E-state index in [1.165, 1.54) is 12.3 Å². The van der Waals surface area contributed by atoms with Crippen molar-refractivity contribution in [2.45, 2.75) is 31.9 Å². The maximum absolute atomic E-state index is 12.0. The molecule has 0 aliphatic heterocycles. The number of anilines is 1. The molecule has 122 valence electrons. The van der Waals surface area contributed by atoms with Gasteiger partial charge in [-0.2, -0.15) is 13.2 Å². The summed E-state index contributed by atoms with van der Waals surface area (Å²) in [6.45, 7) is -1.35. The van der Waals surface area contributed by atoms with Gasteiger partial charge in [-0.3, -0.25) is 5.41 Å². The summed E-state index contributed by atoms with van der Waals surface area (Å²) in [7, 11) is 0. The molecule has 1 heterocycles. The molecule has 0 aliphatic carbocycles. The number of nitrogens with two attached hydrogens (primary N) is 2. The van der Waals surface area contributed by atoms with Crippen LogP contribution in [0.1, 0.15) is 25.1 Å². The Morgan fingerprint density at radius 3 is 2.68 bits per heavy atom. The molecule has 0 amide bonds. The normalized spacial score (nSPS) is 12.2. The second kappa shape index (κ2) is 8.15. The third-order valence-electron chi connectivity index (χ3n) is 2.49. The Kier molecular flexibility index (Phi) is 6.54. The first kappa shape index (κ1) is 17.7. The van der Waals surface area contributed by atoms with Gasteiger partial charge < -0.3 is 16.8 Å². The number of nitrogens with zero attached hydrogens (tertiary/aromatic N) is 3. The monoisotopic (exact) mass is 317 g/mol. The van der Waals surface area contributed by atoms with Crippen molar-refractivity contribution in [3.8, 4) is 0 Å². The van der Waals surface area contributed by atoms with E-state index in [1.54, 1.807) is 0 Å². The number of rotatable bonds is 7. The second-order valence-corrected chi connectivity index (χ2v) is 4.53. The van der Waals surface area contributed by atoms with Crippen LogP contribution in [-0.4, -0.2) is 34.5 Å². The lowest BCUT2D eigenvalue weighted by molar-refractivity contribution is -0.118.